The highest BCUT2D eigenvalue weighted by Crippen LogP contribution is 2.37. The molecule has 2 N–H and O–H groups in total. The Bertz CT molecular complexity index is 690. The smallest absolute Gasteiger partial charge is 0.231 e. The Hall–Kier alpha value is -2.34. The van der Waals surface area contributed by atoms with Crippen LogP contribution in [0.1, 0.15) is 5.56 Å². The van der Waals surface area contributed by atoms with Gasteiger partial charge in [-0.3, -0.25) is 0 Å². The van der Waals surface area contributed by atoms with Gasteiger partial charge in [-0.25, -0.2) is 4.39 Å². The first-order valence-corrected chi connectivity index (χ1v) is 6.22. The van der Waals surface area contributed by atoms with Gasteiger partial charge in [-0.05, 0) is 24.3 Å². The normalized spacial score (nSPS) is 12.2. The Morgan fingerprint density at radius 3 is 2.80 bits per heavy atom. The molecular formula is C14H10FNO3S. The van der Waals surface area contributed by atoms with Gasteiger partial charge in [-0.15, -0.1) is 0 Å². The number of nitrogens with two attached hydrogens (primary N) is 1. The van der Waals surface area contributed by atoms with Gasteiger partial charge in [-0.2, -0.15) is 0 Å². The molecule has 3 rings (SSSR count). The van der Waals surface area contributed by atoms with Gasteiger partial charge >= 0.3 is 0 Å². The van der Waals surface area contributed by atoms with E-state index in [1.807, 2.05) is 0 Å². The van der Waals surface area contributed by atoms with Crippen molar-refractivity contribution >= 4 is 17.2 Å². The maximum Gasteiger partial charge on any atom is 0.231 e. The van der Waals surface area contributed by atoms with Crippen molar-refractivity contribution < 1.29 is 18.6 Å². The van der Waals surface area contributed by atoms with Crippen molar-refractivity contribution in [2.24, 2.45) is 5.73 Å². The van der Waals surface area contributed by atoms with E-state index in [0.717, 1.165) is 0 Å². The summed E-state index contributed by atoms with van der Waals surface area (Å²) in [6.07, 6.45) is 0. The Morgan fingerprint density at radius 1 is 1.20 bits per heavy atom. The predicted molar refractivity (Wildman–Crippen MR) is 74.9 cm³/mol. The molecule has 102 valence electrons. The summed E-state index contributed by atoms with van der Waals surface area (Å²) in [5, 5.41) is 0. The molecule has 0 saturated carbocycles. The van der Waals surface area contributed by atoms with E-state index < -0.39 is 5.82 Å². The fourth-order valence-electron chi connectivity index (χ4n) is 1.90. The highest BCUT2D eigenvalue weighted by Gasteiger charge is 2.16. The van der Waals surface area contributed by atoms with Crippen LogP contribution in [-0.4, -0.2) is 11.8 Å². The molecular weight excluding hydrogens is 281 g/mol. The predicted octanol–water partition coefficient (Wildman–Crippen LogP) is 2.98. The molecule has 1 aliphatic heterocycles. The first kappa shape index (κ1) is 12.7. The van der Waals surface area contributed by atoms with Crippen LogP contribution in [0.5, 0.6) is 23.0 Å². The highest BCUT2D eigenvalue weighted by molar-refractivity contribution is 7.80. The molecule has 0 bridgehead atoms. The number of hydrogen-bond acceptors (Lipinski definition) is 4. The van der Waals surface area contributed by atoms with Crippen LogP contribution in [0.25, 0.3) is 0 Å². The summed E-state index contributed by atoms with van der Waals surface area (Å²) in [5.74, 6) is 1.45. The third kappa shape index (κ3) is 2.25. The zero-order valence-corrected chi connectivity index (χ0v) is 11.1. The SMILES string of the molecule is NC(=S)c1c(F)cccc1Oc1ccc2c(c1)OCO2. The third-order valence-corrected chi connectivity index (χ3v) is 3.00. The largest absolute Gasteiger partial charge is 0.456 e. The summed E-state index contributed by atoms with van der Waals surface area (Å²) in [5.41, 5.74) is 5.61. The molecule has 0 radical (unpaired) electrons. The minimum atomic E-state index is -0.518. The van der Waals surface area contributed by atoms with Crippen molar-refractivity contribution in [1.29, 1.82) is 0 Å². The molecule has 1 aliphatic rings. The molecule has 0 unspecified atom stereocenters. The summed E-state index contributed by atoms with van der Waals surface area (Å²) < 4.78 is 29.8. The summed E-state index contributed by atoms with van der Waals surface area (Å²) >= 11 is 4.85. The highest BCUT2D eigenvalue weighted by atomic mass is 32.1. The second-order valence-corrected chi connectivity index (χ2v) is 4.53. The molecule has 4 nitrogen and oxygen atoms in total. The lowest BCUT2D eigenvalue weighted by Gasteiger charge is -2.11. The number of hydrogen-bond donors (Lipinski definition) is 1. The van der Waals surface area contributed by atoms with Crippen LogP contribution in [0.2, 0.25) is 0 Å². The Balaban J connectivity index is 1.95. The van der Waals surface area contributed by atoms with E-state index in [2.05, 4.69) is 0 Å². The van der Waals surface area contributed by atoms with Gasteiger partial charge in [0, 0.05) is 6.07 Å². The maximum atomic E-state index is 13.7. The second kappa shape index (κ2) is 4.97. The minimum Gasteiger partial charge on any atom is -0.456 e. The third-order valence-electron chi connectivity index (χ3n) is 2.79. The fourth-order valence-corrected chi connectivity index (χ4v) is 2.09. The van der Waals surface area contributed by atoms with Crippen molar-refractivity contribution in [3.8, 4) is 23.0 Å². The number of ether oxygens (including phenoxy) is 3. The maximum absolute atomic E-state index is 13.7. The molecule has 0 aromatic heterocycles. The quantitative estimate of drug-likeness (QED) is 0.881. The van der Waals surface area contributed by atoms with Gasteiger partial charge in [0.15, 0.2) is 11.5 Å². The number of rotatable bonds is 3. The molecule has 6 heteroatoms. The topological polar surface area (TPSA) is 53.7 Å². The van der Waals surface area contributed by atoms with Gasteiger partial charge < -0.3 is 19.9 Å². The molecule has 2 aromatic carbocycles. The monoisotopic (exact) mass is 291 g/mol. The Morgan fingerprint density at radius 2 is 2.00 bits per heavy atom. The molecule has 0 amide bonds. The van der Waals surface area contributed by atoms with E-state index in [-0.39, 0.29) is 23.1 Å². The molecule has 0 atom stereocenters. The van der Waals surface area contributed by atoms with E-state index >= 15 is 0 Å². The zero-order valence-electron chi connectivity index (χ0n) is 10.3. The lowest BCUT2D eigenvalue weighted by molar-refractivity contribution is 0.174. The summed E-state index contributed by atoms with van der Waals surface area (Å²) in [7, 11) is 0. The van der Waals surface area contributed by atoms with Crippen LogP contribution < -0.4 is 19.9 Å². The van der Waals surface area contributed by atoms with E-state index in [4.69, 9.17) is 32.2 Å². The second-order valence-electron chi connectivity index (χ2n) is 4.09. The van der Waals surface area contributed by atoms with Crippen molar-refractivity contribution in [3.63, 3.8) is 0 Å². The molecule has 20 heavy (non-hydrogen) atoms. The first-order chi connectivity index (χ1) is 9.65. The zero-order chi connectivity index (χ0) is 14.1. The van der Waals surface area contributed by atoms with Gasteiger partial charge in [0.05, 0.1) is 5.56 Å². The van der Waals surface area contributed by atoms with Crippen LogP contribution in [0.4, 0.5) is 4.39 Å². The molecule has 0 aliphatic carbocycles. The van der Waals surface area contributed by atoms with E-state index in [9.17, 15) is 4.39 Å². The molecule has 0 fully saturated rings. The minimum absolute atomic E-state index is 0.0566. The van der Waals surface area contributed by atoms with Gasteiger partial charge in [0.1, 0.15) is 22.3 Å². The lowest BCUT2D eigenvalue weighted by atomic mass is 10.2. The number of benzene rings is 2. The number of fused-ring (bicyclic) bond motifs is 1. The fraction of sp³-hybridized carbons (Fsp3) is 0.0714. The van der Waals surface area contributed by atoms with E-state index in [1.54, 1.807) is 24.3 Å². The van der Waals surface area contributed by atoms with Gasteiger partial charge in [-0.1, -0.05) is 18.3 Å². The lowest BCUT2D eigenvalue weighted by Crippen LogP contribution is -2.13. The summed E-state index contributed by atoms with van der Waals surface area (Å²) in [6.45, 7) is 0.177. The van der Waals surface area contributed by atoms with Crippen molar-refractivity contribution in [2.45, 2.75) is 0 Å². The van der Waals surface area contributed by atoms with Crippen LogP contribution in [0, 0.1) is 5.82 Å². The first-order valence-electron chi connectivity index (χ1n) is 5.81. The van der Waals surface area contributed by atoms with Gasteiger partial charge in [0.25, 0.3) is 0 Å². The van der Waals surface area contributed by atoms with Crippen molar-refractivity contribution in [3.05, 3.63) is 47.8 Å². The average Bonchev–Trinajstić information content (AvgIpc) is 2.85. The van der Waals surface area contributed by atoms with E-state index in [0.29, 0.717) is 17.2 Å². The van der Waals surface area contributed by atoms with Crippen LogP contribution in [0.15, 0.2) is 36.4 Å². The molecule has 0 saturated heterocycles. The molecule has 2 aromatic rings. The molecule has 1 heterocycles. The average molecular weight is 291 g/mol. The Kier molecular flexibility index (Phi) is 3.15. The summed E-state index contributed by atoms with van der Waals surface area (Å²) in [6, 6.07) is 9.48. The van der Waals surface area contributed by atoms with Crippen molar-refractivity contribution in [2.75, 3.05) is 6.79 Å². The standard InChI is InChI=1S/C14H10FNO3S/c15-9-2-1-3-11(13(9)14(16)20)19-8-4-5-10-12(6-8)18-7-17-10/h1-6H,7H2,(H2,16,20). The van der Waals surface area contributed by atoms with Crippen LogP contribution in [0.3, 0.4) is 0 Å². The van der Waals surface area contributed by atoms with Crippen LogP contribution >= 0.6 is 12.2 Å². The van der Waals surface area contributed by atoms with Crippen LogP contribution in [-0.2, 0) is 0 Å². The van der Waals surface area contributed by atoms with Gasteiger partial charge in [0.2, 0.25) is 6.79 Å². The summed E-state index contributed by atoms with van der Waals surface area (Å²) in [4.78, 5) is -0.0566. The molecule has 0 spiro atoms. The Labute approximate surface area is 119 Å². The van der Waals surface area contributed by atoms with E-state index in [1.165, 1.54) is 12.1 Å². The van der Waals surface area contributed by atoms with Crippen molar-refractivity contribution in [1.82, 2.24) is 0 Å². The number of thiocarbonyl (C=S) groups is 1. The number of halogens is 1.